The highest BCUT2D eigenvalue weighted by molar-refractivity contribution is 5.32. The van der Waals surface area contributed by atoms with Crippen molar-refractivity contribution in [1.82, 2.24) is 5.32 Å². The lowest BCUT2D eigenvalue weighted by molar-refractivity contribution is -0.109. The summed E-state index contributed by atoms with van der Waals surface area (Å²) in [7, 11) is 1.98. The van der Waals surface area contributed by atoms with E-state index in [4.69, 9.17) is 4.74 Å². The number of nitrogens with one attached hydrogen (secondary N) is 1. The minimum Gasteiger partial charge on any atom is -0.369 e. The van der Waals surface area contributed by atoms with E-state index in [1.165, 1.54) is 30.4 Å². The van der Waals surface area contributed by atoms with Crippen molar-refractivity contribution in [1.29, 1.82) is 0 Å². The molecular weight excluding hydrogens is 234 g/mol. The van der Waals surface area contributed by atoms with Gasteiger partial charge in [-0.1, -0.05) is 44.0 Å². The van der Waals surface area contributed by atoms with Crippen LogP contribution in [0.5, 0.6) is 0 Å². The Kier molecular flexibility index (Phi) is 5.00. The van der Waals surface area contributed by atoms with E-state index in [2.05, 4.69) is 43.4 Å². The fourth-order valence-electron chi connectivity index (χ4n) is 3.39. The van der Waals surface area contributed by atoms with E-state index < -0.39 is 0 Å². The quantitative estimate of drug-likeness (QED) is 0.817. The Bertz CT molecular complexity index is 404. The molecule has 0 amide bonds. The first kappa shape index (κ1) is 14.5. The van der Waals surface area contributed by atoms with E-state index in [1.807, 2.05) is 7.05 Å². The van der Waals surface area contributed by atoms with Gasteiger partial charge in [0, 0.05) is 6.54 Å². The van der Waals surface area contributed by atoms with Crippen LogP contribution in [0.2, 0.25) is 0 Å². The van der Waals surface area contributed by atoms with Crippen LogP contribution < -0.4 is 5.32 Å². The lowest BCUT2D eigenvalue weighted by Gasteiger charge is -2.44. The average Bonchev–Trinajstić information content (AvgIpc) is 2.42. The molecule has 0 unspecified atom stereocenters. The minimum absolute atomic E-state index is 0.0690. The second-order valence-corrected chi connectivity index (χ2v) is 5.80. The van der Waals surface area contributed by atoms with Crippen molar-refractivity contribution in [2.45, 2.75) is 45.1 Å². The molecule has 2 rings (SSSR count). The Morgan fingerprint density at radius 1 is 1.32 bits per heavy atom. The van der Waals surface area contributed by atoms with Crippen molar-refractivity contribution in [3.05, 3.63) is 35.4 Å². The van der Waals surface area contributed by atoms with E-state index in [-0.39, 0.29) is 5.60 Å². The first-order valence-corrected chi connectivity index (χ1v) is 7.55. The second-order valence-electron chi connectivity index (χ2n) is 5.80. The number of ether oxygens (including phenoxy) is 1. The van der Waals surface area contributed by atoms with Gasteiger partial charge in [-0.2, -0.15) is 0 Å². The summed E-state index contributed by atoms with van der Waals surface area (Å²) in [6, 6.07) is 8.73. The average molecular weight is 261 g/mol. The maximum absolute atomic E-state index is 6.43. The summed E-state index contributed by atoms with van der Waals surface area (Å²) in [6.45, 7) is 6.26. The molecule has 0 spiro atoms. The number of hydrogen-bond acceptors (Lipinski definition) is 2. The van der Waals surface area contributed by atoms with Crippen molar-refractivity contribution < 1.29 is 4.74 Å². The fourth-order valence-corrected chi connectivity index (χ4v) is 3.39. The maximum Gasteiger partial charge on any atom is 0.0959 e. The van der Waals surface area contributed by atoms with Crippen molar-refractivity contribution in [2.24, 2.45) is 5.92 Å². The Hall–Kier alpha value is -0.860. The highest BCUT2D eigenvalue weighted by Gasteiger charge is 2.41. The molecule has 2 heteroatoms. The molecule has 0 bridgehead atoms. The van der Waals surface area contributed by atoms with E-state index in [1.54, 1.807) is 0 Å². The molecule has 0 aliphatic heterocycles. The molecule has 0 aromatic heterocycles. The molecule has 19 heavy (non-hydrogen) atoms. The third-order valence-electron chi connectivity index (χ3n) is 4.54. The van der Waals surface area contributed by atoms with Gasteiger partial charge in [0.05, 0.1) is 12.2 Å². The highest BCUT2D eigenvalue weighted by Crippen LogP contribution is 2.45. The van der Waals surface area contributed by atoms with Gasteiger partial charge in [0.15, 0.2) is 0 Å². The van der Waals surface area contributed by atoms with Crippen LogP contribution in [0.25, 0.3) is 0 Å². The molecule has 1 aliphatic carbocycles. The van der Waals surface area contributed by atoms with E-state index >= 15 is 0 Å². The molecule has 2 atom stereocenters. The summed E-state index contributed by atoms with van der Waals surface area (Å²) < 4.78 is 6.43. The molecule has 1 aliphatic rings. The number of aryl methyl sites for hydroxylation is 1. The van der Waals surface area contributed by atoms with Gasteiger partial charge in [-0.3, -0.25) is 0 Å². The van der Waals surface area contributed by atoms with Crippen molar-refractivity contribution >= 4 is 0 Å². The third kappa shape index (κ3) is 3.01. The van der Waals surface area contributed by atoms with Gasteiger partial charge in [-0.15, -0.1) is 0 Å². The van der Waals surface area contributed by atoms with Gasteiger partial charge in [0.25, 0.3) is 0 Å². The van der Waals surface area contributed by atoms with Gasteiger partial charge in [-0.25, -0.2) is 0 Å². The summed E-state index contributed by atoms with van der Waals surface area (Å²) >= 11 is 0. The van der Waals surface area contributed by atoms with Crippen molar-refractivity contribution in [3.8, 4) is 0 Å². The van der Waals surface area contributed by atoms with Crippen LogP contribution >= 0.6 is 0 Å². The molecule has 1 aromatic carbocycles. The van der Waals surface area contributed by atoms with Crippen LogP contribution in [0, 0.1) is 12.8 Å². The van der Waals surface area contributed by atoms with Gasteiger partial charge < -0.3 is 10.1 Å². The van der Waals surface area contributed by atoms with Gasteiger partial charge >= 0.3 is 0 Å². The Balaban J connectivity index is 2.30. The van der Waals surface area contributed by atoms with Gasteiger partial charge in [0.1, 0.15) is 0 Å². The predicted molar refractivity (Wildman–Crippen MR) is 80.4 cm³/mol. The molecular formula is C17H27NO. The zero-order chi connectivity index (χ0) is 13.7. The van der Waals surface area contributed by atoms with Crippen LogP contribution in [-0.2, 0) is 10.3 Å². The largest absolute Gasteiger partial charge is 0.369 e. The highest BCUT2D eigenvalue weighted by atomic mass is 16.5. The minimum atomic E-state index is -0.0690. The second kappa shape index (κ2) is 6.53. The monoisotopic (exact) mass is 261 g/mol. The molecule has 2 nitrogen and oxygen atoms in total. The van der Waals surface area contributed by atoms with E-state index in [0.717, 1.165) is 19.6 Å². The molecule has 1 saturated carbocycles. The van der Waals surface area contributed by atoms with E-state index in [9.17, 15) is 0 Å². The summed E-state index contributed by atoms with van der Waals surface area (Å²) in [5, 5.41) is 3.18. The first-order chi connectivity index (χ1) is 9.20. The summed E-state index contributed by atoms with van der Waals surface area (Å²) in [6.07, 6.45) is 5.04. The number of rotatable bonds is 5. The van der Waals surface area contributed by atoms with Gasteiger partial charge in [-0.05, 0) is 43.9 Å². The molecule has 0 radical (unpaired) electrons. The number of likely N-dealkylation sites (N-methyl/N-ethyl adjacent to an activating group) is 1. The normalized spacial score (nSPS) is 27.4. The van der Waals surface area contributed by atoms with Crippen LogP contribution in [-0.4, -0.2) is 20.2 Å². The van der Waals surface area contributed by atoms with Crippen LogP contribution in [0.3, 0.4) is 0 Å². The fraction of sp³-hybridized carbons (Fsp3) is 0.647. The zero-order valence-electron chi connectivity index (χ0n) is 12.5. The number of hydrogen-bond donors (Lipinski definition) is 1. The Labute approximate surface area is 117 Å². The van der Waals surface area contributed by atoms with E-state index in [0.29, 0.717) is 5.92 Å². The molecule has 1 N–H and O–H groups in total. The molecule has 0 heterocycles. The smallest absolute Gasteiger partial charge is 0.0959 e. The molecule has 0 saturated heterocycles. The molecule has 1 aromatic rings. The van der Waals surface area contributed by atoms with Crippen molar-refractivity contribution in [2.75, 3.05) is 20.2 Å². The first-order valence-electron chi connectivity index (χ1n) is 7.55. The Morgan fingerprint density at radius 3 is 2.79 bits per heavy atom. The molecule has 1 fully saturated rings. The standard InChI is InChI=1S/C17H27NO/c1-14-8-4-5-10-16(14)17(19-13-12-18-3)11-7-6-9-15(17)2/h4-5,8,10,15,18H,6-7,9,11-13H2,1-3H3/t15-,17+/m0/s1. The SMILES string of the molecule is CNCCO[C@]1(c2ccccc2C)CCCC[C@@H]1C. The number of benzene rings is 1. The topological polar surface area (TPSA) is 21.3 Å². The zero-order valence-corrected chi connectivity index (χ0v) is 12.5. The Morgan fingerprint density at radius 2 is 2.11 bits per heavy atom. The summed E-state index contributed by atoms with van der Waals surface area (Å²) in [5.74, 6) is 0.596. The molecule has 106 valence electrons. The predicted octanol–water partition coefficient (Wildman–Crippen LogP) is 3.64. The van der Waals surface area contributed by atoms with Crippen LogP contribution in [0.4, 0.5) is 0 Å². The maximum atomic E-state index is 6.43. The lowest BCUT2D eigenvalue weighted by Crippen LogP contribution is -2.41. The van der Waals surface area contributed by atoms with Crippen LogP contribution in [0.1, 0.15) is 43.7 Å². The summed E-state index contributed by atoms with van der Waals surface area (Å²) in [5.41, 5.74) is 2.69. The lowest BCUT2D eigenvalue weighted by atomic mass is 9.71. The van der Waals surface area contributed by atoms with Gasteiger partial charge in [0.2, 0.25) is 0 Å². The van der Waals surface area contributed by atoms with Crippen LogP contribution in [0.15, 0.2) is 24.3 Å². The summed E-state index contributed by atoms with van der Waals surface area (Å²) in [4.78, 5) is 0. The van der Waals surface area contributed by atoms with Crippen molar-refractivity contribution in [3.63, 3.8) is 0 Å². The third-order valence-corrected chi connectivity index (χ3v) is 4.54.